The Hall–Kier alpha value is -1.61. The average Bonchev–Trinajstić information content (AvgIpc) is 2.45. The first kappa shape index (κ1) is 13.8. The molecule has 1 aromatic heterocycles. The fourth-order valence-electron chi connectivity index (χ4n) is 1.81. The van der Waals surface area contributed by atoms with Crippen molar-refractivity contribution in [3.63, 3.8) is 0 Å². The third-order valence-corrected chi connectivity index (χ3v) is 4.07. The van der Waals surface area contributed by atoms with Gasteiger partial charge in [0.05, 0.1) is 5.54 Å². The Bertz CT molecular complexity index is 605. The molecular formula is C15H17ClN2O. The van der Waals surface area contributed by atoms with E-state index in [0.717, 1.165) is 10.8 Å². The lowest BCUT2D eigenvalue weighted by Crippen LogP contribution is -2.46. The average molecular weight is 277 g/mol. The fraction of sp³-hybridized carbons (Fsp3) is 0.333. The number of fused-ring (bicyclic) bond motifs is 1. The van der Waals surface area contributed by atoms with Crippen LogP contribution in [0, 0.1) is 0 Å². The Morgan fingerprint density at radius 1 is 1.32 bits per heavy atom. The minimum atomic E-state index is -0.405. The largest absolute Gasteiger partial charge is 0.334 e. The normalized spacial score (nSPS) is 11.6. The molecule has 3 nitrogen and oxygen atoms in total. The van der Waals surface area contributed by atoms with Crippen molar-refractivity contribution in [2.75, 3.05) is 12.9 Å². The van der Waals surface area contributed by atoms with Crippen LogP contribution in [0.1, 0.15) is 24.3 Å². The van der Waals surface area contributed by atoms with Crippen LogP contribution < -0.4 is 0 Å². The van der Waals surface area contributed by atoms with Crippen LogP contribution in [0.2, 0.25) is 0 Å². The van der Waals surface area contributed by atoms with E-state index in [9.17, 15) is 4.79 Å². The first-order chi connectivity index (χ1) is 8.97. The molecule has 1 amide bonds. The minimum Gasteiger partial charge on any atom is -0.334 e. The van der Waals surface area contributed by atoms with E-state index in [1.165, 1.54) is 0 Å². The summed E-state index contributed by atoms with van der Waals surface area (Å²) in [4.78, 5) is 18.5. The molecule has 1 heterocycles. The molecule has 19 heavy (non-hydrogen) atoms. The summed E-state index contributed by atoms with van der Waals surface area (Å²) < 4.78 is 0. The third-order valence-electron chi connectivity index (χ3n) is 3.42. The molecule has 0 saturated heterocycles. The first-order valence-corrected chi connectivity index (χ1v) is 6.69. The highest BCUT2D eigenvalue weighted by atomic mass is 35.5. The van der Waals surface area contributed by atoms with Gasteiger partial charge >= 0.3 is 0 Å². The van der Waals surface area contributed by atoms with E-state index in [0.29, 0.717) is 11.6 Å². The SMILES string of the molecule is CN(C(=O)c1nccc2ccccc12)C(C)(C)CCl. The number of amides is 1. The second-order valence-corrected chi connectivity index (χ2v) is 5.46. The molecule has 0 spiro atoms. The standard InChI is InChI=1S/C15H17ClN2O/c1-15(2,10-16)18(3)14(19)13-12-7-5-4-6-11(12)8-9-17-13/h4-9H,10H2,1-3H3. The lowest BCUT2D eigenvalue weighted by molar-refractivity contribution is 0.0656. The molecule has 0 radical (unpaired) electrons. The lowest BCUT2D eigenvalue weighted by Gasteiger charge is -2.33. The molecule has 0 N–H and O–H groups in total. The monoisotopic (exact) mass is 276 g/mol. The molecule has 2 rings (SSSR count). The van der Waals surface area contributed by atoms with Crippen molar-refractivity contribution in [3.05, 3.63) is 42.2 Å². The predicted molar refractivity (Wildman–Crippen MR) is 78.6 cm³/mol. The van der Waals surface area contributed by atoms with Crippen molar-refractivity contribution < 1.29 is 4.79 Å². The maximum atomic E-state index is 12.6. The van der Waals surface area contributed by atoms with E-state index in [2.05, 4.69) is 4.98 Å². The fourth-order valence-corrected chi connectivity index (χ4v) is 1.99. The quantitative estimate of drug-likeness (QED) is 0.806. The predicted octanol–water partition coefficient (Wildman–Crippen LogP) is 3.32. The van der Waals surface area contributed by atoms with Gasteiger partial charge in [-0.25, -0.2) is 0 Å². The molecule has 0 unspecified atom stereocenters. The van der Waals surface area contributed by atoms with Gasteiger partial charge in [-0.1, -0.05) is 24.3 Å². The number of pyridine rings is 1. The second-order valence-electron chi connectivity index (χ2n) is 5.19. The summed E-state index contributed by atoms with van der Waals surface area (Å²) in [6.45, 7) is 3.87. The van der Waals surface area contributed by atoms with Gasteiger partial charge in [-0.05, 0) is 25.3 Å². The van der Waals surface area contributed by atoms with Crippen LogP contribution in [0.5, 0.6) is 0 Å². The van der Waals surface area contributed by atoms with E-state index < -0.39 is 5.54 Å². The number of aromatic nitrogens is 1. The van der Waals surface area contributed by atoms with Crippen molar-refractivity contribution in [2.24, 2.45) is 0 Å². The van der Waals surface area contributed by atoms with Gasteiger partial charge in [0.15, 0.2) is 0 Å². The zero-order chi connectivity index (χ0) is 14.0. The van der Waals surface area contributed by atoms with Gasteiger partial charge in [0, 0.05) is 24.5 Å². The van der Waals surface area contributed by atoms with Crippen molar-refractivity contribution in [1.82, 2.24) is 9.88 Å². The molecule has 0 aliphatic carbocycles. The molecule has 0 saturated carbocycles. The number of hydrogen-bond donors (Lipinski definition) is 0. The zero-order valence-corrected chi connectivity index (χ0v) is 12.1. The van der Waals surface area contributed by atoms with Crippen molar-refractivity contribution in [3.8, 4) is 0 Å². The zero-order valence-electron chi connectivity index (χ0n) is 11.4. The topological polar surface area (TPSA) is 33.2 Å². The van der Waals surface area contributed by atoms with E-state index in [1.54, 1.807) is 18.1 Å². The van der Waals surface area contributed by atoms with Gasteiger partial charge in [-0.3, -0.25) is 9.78 Å². The number of carbonyl (C=O) groups is 1. The van der Waals surface area contributed by atoms with E-state index in [-0.39, 0.29) is 5.91 Å². The minimum absolute atomic E-state index is 0.109. The Labute approximate surface area is 118 Å². The van der Waals surface area contributed by atoms with Gasteiger partial charge < -0.3 is 4.90 Å². The molecular weight excluding hydrogens is 260 g/mol. The van der Waals surface area contributed by atoms with Gasteiger partial charge in [0.1, 0.15) is 5.69 Å². The van der Waals surface area contributed by atoms with Crippen LogP contribution in [0.15, 0.2) is 36.5 Å². The van der Waals surface area contributed by atoms with Gasteiger partial charge in [-0.2, -0.15) is 0 Å². The Morgan fingerprint density at radius 3 is 2.68 bits per heavy atom. The van der Waals surface area contributed by atoms with Crippen LogP contribution >= 0.6 is 11.6 Å². The summed E-state index contributed by atoms with van der Waals surface area (Å²) in [5.41, 5.74) is 0.0656. The first-order valence-electron chi connectivity index (χ1n) is 6.15. The molecule has 0 atom stereocenters. The number of rotatable bonds is 3. The maximum absolute atomic E-state index is 12.6. The highest BCUT2D eigenvalue weighted by Crippen LogP contribution is 2.21. The Balaban J connectivity index is 2.48. The summed E-state index contributed by atoms with van der Waals surface area (Å²) in [5.74, 6) is 0.266. The van der Waals surface area contributed by atoms with Gasteiger partial charge in [0.2, 0.25) is 0 Å². The van der Waals surface area contributed by atoms with Crippen LogP contribution in [-0.2, 0) is 0 Å². The molecule has 0 bridgehead atoms. The third kappa shape index (κ3) is 2.56. The highest BCUT2D eigenvalue weighted by molar-refractivity contribution is 6.19. The summed E-state index contributed by atoms with van der Waals surface area (Å²) in [7, 11) is 1.76. The molecule has 0 aliphatic heterocycles. The van der Waals surface area contributed by atoms with Crippen LogP contribution in [0.4, 0.5) is 0 Å². The number of alkyl halides is 1. The van der Waals surface area contributed by atoms with Crippen molar-refractivity contribution >= 4 is 28.3 Å². The van der Waals surface area contributed by atoms with Crippen LogP contribution in [0.3, 0.4) is 0 Å². The molecule has 1 aromatic carbocycles. The smallest absolute Gasteiger partial charge is 0.273 e. The Morgan fingerprint density at radius 2 is 2.00 bits per heavy atom. The number of nitrogens with zero attached hydrogens (tertiary/aromatic N) is 2. The van der Waals surface area contributed by atoms with Crippen molar-refractivity contribution in [1.29, 1.82) is 0 Å². The van der Waals surface area contributed by atoms with E-state index in [4.69, 9.17) is 11.6 Å². The summed E-state index contributed by atoms with van der Waals surface area (Å²) >= 11 is 5.92. The van der Waals surface area contributed by atoms with Gasteiger partial charge in [-0.15, -0.1) is 11.6 Å². The molecule has 2 aromatic rings. The van der Waals surface area contributed by atoms with E-state index >= 15 is 0 Å². The second kappa shape index (κ2) is 5.17. The summed E-state index contributed by atoms with van der Waals surface area (Å²) in [6.07, 6.45) is 1.66. The lowest BCUT2D eigenvalue weighted by atomic mass is 10.0. The molecule has 0 aliphatic rings. The Kier molecular flexibility index (Phi) is 3.76. The number of halogens is 1. The maximum Gasteiger partial charge on any atom is 0.273 e. The number of benzene rings is 1. The summed E-state index contributed by atoms with van der Waals surface area (Å²) in [5, 5.41) is 1.88. The van der Waals surface area contributed by atoms with E-state index in [1.807, 2.05) is 44.2 Å². The highest BCUT2D eigenvalue weighted by Gasteiger charge is 2.28. The van der Waals surface area contributed by atoms with Crippen LogP contribution in [0.25, 0.3) is 10.8 Å². The van der Waals surface area contributed by atoms with Gasteiger partial charge in [0.25, 0.3) is 5.91 Å². The van der Waals surface area contributed by atoms with Crippen LogP contribution in [-0.4, -0.2) is 34.3 Å². The number of carbonyl (C=O) groups excluding carboxylic acids is 1. The molecule has 4 heteroatoms. The number of hydrogen-bond acceptors (Lipinski definition) is 2. The molecule has 0 fully saturated rings. The molecule has 100 valence electrons. The van der Waals surface area contributed by atoms with Crippen molar-refractivity contribution in [2.45, 2.75) is 19.4 Å². The summed E-state index contributed by atoms with van der Waals surface area (Å²) in [6, 6.07) is 9.65.